The smallest absolute Gasteiger partial charge is 0.408 e. The number of carbonyl (C=O) groups excluding carboxylic acids is 2. The van der Waals surface area contributed by atoms with E-state index in [1.807, 2.05) is 0 Å². The summed E-state index contributed by atoms with van der Waals surface area (Å²) in [6.07, 6.45) is -0.815. The molecule has 1 amide bonds. The molecule has 0 saturated heterocycles. The lowest BCUT2D eigenvalue weighted by Crippen LogP contribution is -2.44. The zero-order valence-electron chi connectivity index (χ0n) is 20.3. The summed E-state index contributed by atoms with van der Waals surface area (Å²) in [5.41, 5.74) is -0.564. The first-order valence-electron chi connectivity index (χ1n) is 10.8. The van der Waals surface area contributed by atoms with Gasteiger partial charge < -0.3 is 19.3 Å². The fourth-order valence-electron chi connectivity index (χ4n) is 2.80. The minimum absolute atomic E-state index is 0.0671. The molecule has 0 bridgehead atoms. The number of rotatable bonds is 7. The highest BCUT2D eigenvalue weighted by Gasteiger charge is 2.31. The molecule has 182 valence electrons. The van der Waals surface area contributed by atoms with Crippen molar-refractivity contribution in [3.63, 3.8) is 0 Å². The first kappa shape index (κ1) is 24.8. The molecule has 0 atom stereocenters. The van der Waals surface area contributed by atoms with E-state index >= 15 is 0 Å². The summed E-state index contributed by atoms with van der Waals surface area (Å²) in [5, 5.41) is 19.1. The molecule has 1 N–H and O–H groups in total. The van der Waals surface area contributed by atoms with Gasteiger partial charge in [-0.15, -0.1) is 10.2 Å². The van der Waals surface area contributed by atoms with Gasteiger partial charge in [0, 0.05) is 5.56 Å². The molecular formula is C22H29N7O5. The Bertz CT molecular complexity index is 1160. The van der Waals surface area contributed by atoms with Crippen molar-refractivity contribution < 1.29 is 23.6 Å². The van der Waals surface area contributed by atoms with Gasteiger partial charge in [0.2, 0.25) is 11.7 Å². The molecule has 3 aromatic rings. The second kappa shape index (κ2) is 9.57. The second-order valence-electron chi connectivity index (χ2n) is 9.44. The van der Waals surface area contributed by atoms with Crippen LogP contribution in [0.3, 0.4) is 0 Å². The van der Waals surface area contributed by atoms with E-state index in [1.54, 1.807) is 72.7 Å². The Morgan fingerprint density at radius 3 is 2.59 bits per heavy atom. The van der Waals surface area contributed by atoms with E-state index in [2.05, 4.69) is 30.9 Å². The average Bonchev–Trinajstić information content (AvgIpc) is 3.36. The van der Waals surface area contributed by atoms with E-state index < -0.39 is 23.2 Å². The van der Waals surface area contributed by atoms with Crippen LogP contribution in [0.4, 0.5) is 4.79 Å². The lowest BCUT2D eigenvalue weighted by molar-refractivity contribution is 0.0376. The van der Waals surface area contributed by atoms with Crippen molar-refractivity contribution in [1.29, 1.82) is 0 Å². The minimum atomic E-state index is -0.934. The maximum absolute atomic E-state index is 12.2. The summed E-state index contributed by atoms with van der Waals surface area (Å²) >= 11 is 0. The van der Waals surface area contributed by atoms with E-state index in [9.17, 15) is 9.59 Å². The number of ether oxygens (including phenoxy) is 2. The van der Waals surface area contributed by atoms with E-state index in [1.165, 1.54) is 4.80 Å². The van der Waals surface area contributed by atoms with Crippen LogP contribution in [-0.2, 0) is 21.6 Å². The molecule has 12 nitrogen and oxygen atoms in total. The second-order valence-corrected chi connectivity index (χ2v) is 9.44. The van der Waals surface area contributed by atoms with Crippen molar-refractivity contribution >= 4 is 12.1 Å². The predicted molar refractivity (Wildman–Crippen MR) is 120 cm³/mol. The Kier molecular flexibility index (Phi) is 6.99. The summed E-state index contributed by atoms with van der Waals surface area (Å²) in [6.45, 7) is 12.4. The Morgan fingerprint density at radius 1 is 1.18 bits per heavy atom. The summed E-state index contributed by atoms with van der Waals surface area (Å²) < 4.78 is 15.8. The molecule has 34 heavy (non-hydrogen) atoms. The number of nitrogens with zero attached hydrogens (tertiary/aromatic N) is 6. The minimum Gasteiger partial charge on any atom is -0.459 e. The number of hydrogen-bond donors (Lipinski definition) is 1. The lowest BCUT2D eigenvalue weighted by atomic mass is 10.1. The Labute approximate surface area is 197 Å². The van der Waals surface area contributed by atoms with Gasteiger partial charge in [-0.05, 0) is 65.8 Å². The average molecular weight is 472 g/mol. The summed E-state index contributed by atoms with van der Waals surface area (Å²) in [4.78, 5) is 29.9. The largest absolute Gasteiger partial charge is 0.459 e. The Balaban J connectivity index is 1.69. The number of nitrogens with one attached hydrogen (secondary N) is 1. The summed E-state index contributed by atoms with van der Waals surface area (Å²) in [5.74, 6) is 0.397. The molecule has 3 rings (SSSR count). The number of aromatic nitrogens is 6. The fraction of sp³-hybridized carbons (Fsp3) is 0.500. The van der Waals surface area contributed by atoms with Crippen LogP contribution in [0, 0.1) is 0 Å². The van der Waals surface area contributed by atoms with Crippen LogP contribution in [0.1, 0.15) is 70.5 Å². The topological polar surface area (TPSA) is 147 Å². The molecule has 0 fully saturated rings. The van der Waals surface area contributed by atoms with Crippen LogP contribution < -0.4 is 5.32 Å². The van der Waals surface area contributed by atoms with Gasteiger partial charge in [-0.1, -0.05) is 17.3 Å². The number of benzene rings is 1. The number of carbonyl (C=O) groups is 2. The number of tetrazole rings is 1. The van der Waals surface area contributed by atoms with Crippen LogP contribution in [0.2, 0.25) is 0 Å². The van der Waals surface area contributed by atoms with Crippen molar-refractivity contribution in [2.24, 2.45) is 0 Å². The standard InChI is InChI=1S/C22H29N7O5/c1-13(2)32-18(30)15-10-8-9-14(11-15)17-25-28-29(26-17)12-16-23-19(27-34-16)22(6,7)24-20(31)33-21(3,4)5/h8-11,13H,12H2,1-7H3,(H,24,31). The van der Waals surface area contributed by atoms with Gasteiger partial charge in [-0.2, -0.15) is 9.78 Å². The zero-order chi connectivity index (χ0) is 25.1. The monoisotopic (exact) mass is 471 g/mol. The van der Waals surface area contributed by atoms with Gasteiger partial charge in [0.25, 0.3) is 0 Å². The Hall–Kier alpha value is -3.83. The highest BCUT2D eigenvalue weighted by molar-refractivity contribution is 5.90. The summed E-state index contributed by atoms with van der Waals surface area (Å²) in [7, 11) is 0. The maximum Gasteiger partial charge on any atom is 0.408 e. The third kappa shape index (κ3) is 6.59. The molecule has 2 heterocycles. The molecule has 0 unspecified atom stereocenters. The molecule has 0 radical (unpaired) electrons. The molecule has 0 aliphatic carbocycles. The van der Waals surface area contributed by atoms with Gasteiger partial charge in [0.05, 0.1) is 11.7 Å². The normalized spacial score (nSPS) is 12.0. The van der Waals surface area contributed by atoms with Gasteiger partial charge in [-0.25, -0.2) is 9.59 Å². The molecule has 1 aromatic carbocycles. The number of esters is 1. The molecule has 0 saturated carbocycles. The van der Waals surface area contributed by atoms with Gasteiger partial charge in [0.1, 0.15) is 17.7 Å². The first-order chi connectivity index (χ1) is 15.8. The van der Waals surface area contributed by atoms with Crippen LogP contribution in [-0.4, -0.2) is 54.1 Å². The quantitative estimate of drug-likeness (QED) is 0.510. The van der Waals surface area contributed by atoms with E-state index in [0.29, 0.717) is 17.0 Å². The first-order valence-corrected chi connectivity index (χ1v) is 10.8. The number of hydrogen-bond acceptors (Lipinski definition) is 10. The van der Waals surface area contributed by atoms with Crippen LogP contribution in [0.5, 0.6) is 0 Å². The third-order valence-electron chi connectivity index (χ3n) is 4.27. The number of alkyl carbamates (subject to hydrolysis) is 1. The number of amides is 1. The fourth-order valence-corrected chi connectivity index (χ4v) is 2.80. The zero-order valence-corrected chi connectivity index (χ0v) is 20.3. The lowest BCUT2D eigenvalue weighted by Gasteiger charge is -2.26. The van der Waals surface area contributed by atoms with Gasteiger partial charge >= 0.3 is 12.1 Å². The molecule has 0 spiro atoms. The van der Waals surface area contributed by atoms with E-state index in [0.717, 1.165) is 0 Å². The van der Waals surface area contributed by atoms with Crippen molar-refractivity contribution in [3.8, 4) is 11.4 Å². The van der Waals surface area contributed by atoms with Crippen molar-refractivity contribution in [2.45, 2.75) is 72.3 Å². The summed E-state index contributed by atoms with van der Waals surface area (Å²) in [6, 6.07) is 6.79. The molecular weight excluding hydrogens is 442 g/mol. The van der Waals surface area contributed by atoms with E-state index in [4.69, 9.17) is 14.0 Å². The van der Waals surface area contributed by atoms with Gasteiger partial charge in [0.15, 0.2) is 5.82 Å². The predicted octanol–water partition coefficient (Wildman–Crippen LogP) is 3.10. The maximum atomic E-state index is 12.2. The molecule has 0 aliphatic rings. The molecule has 12 heteroatoms. The van der Waals surface area contributed by atoms with Crippen molar-refractivity contribution in [2.75, 3.05) is 0 Å². The van der Waals surface area contributed by atoms with E-state index in [-0.39, 0.29) is 24.4 Å². The van der Waals surface area contributed by atoms with Crippen LogP contribution in [0.15, 0.2) is 28.8 Å². The highest BCUT2D eigenvalue weighted by Crippen LogP contribution is 2.19. The Morgan fingerprint density at radius 2 is 1.91 bits per heavy atom. The van der Waals surface area contributed by atoms with Crippen LogP contribution in [0.25, 0.3) is 11.4 Å². The highest BCUT2D eigenvalue weighted by atomic mass is 16.6. The van der Waals surface area contributed by atoms with Crippen molar-refractivity contribution in [3.05, 3.63) is 41.5 Å². The molecule has 0 aliphatic heterocycles. The van der Waals surface area contributed by atoms with Gasteiger partial charge in [-0.3, -0.25) is 0 Å². The molecule has 2 aromatic heterocycles. The SMILES string of the molecule is CC(C)OC(=O)c1cccc(-c2nnn(Cc3nc(C(C)(C)NC(=O)OC(C)(C)C)no3)n2)c1. The van der Waals surface area contributed by atoms with Crippen molar-refractivity contribution in [1.82, 2.24) is 35.7 Å². The van der Waals surface area contributed by atoms with Crippen LogP contribution >= 0.6 is 0 Å². The third-order valence-corrected chi connectivity index (χ3v) is 4.27.